The van der Waals surface area contributed by atoms with E-state index in [-0.39, 0.29) is 5.92 Å². The molecule has 0 N–H and O–H groups in total. The zero-order chi connectivity index (χ0) is 12.1. The van der Waals surface area contributed by atoms with E-state index >= 15 is 0 Å². The van der Waals surface area contributed by atoms with Gasteiger partial charge in [-0.2, -0.15) is 5.26 Å². The standard InChI is InChI=1S/C13H16ClNO/c1-4-9(3)13-10(8-15)11(14)6-7-12(13)16-5-2/h6-7,9H,4-5H2,1-3H3. The van der Waals surface area contributed by atoms with Crippen molar-refractivity contribution >= 4 is 11.6 Å². The van der Waals surface area contributed by atoms with E-state index in [0.717, 1.165) is 17.7 Å². The van der Waals surface area contributed by atoms with Gasteiger partial charge in [0.25, 0.3) is 0 Å². The van der Waals surface area contributed by atoms with Crippen molar-refractivity contribution in [3.8, 4) is 11.8 Å². The summed E-state index contributed by atoms with van der Waals surface area (Å²) in [5.41, 5.74) is 1.47. The molecule has 0 aromatic heterocycles. The van der Waals surface area contributed by atoms with Gasteiger partial charge in [-0.05, 0) is 31.4 Å². The number of rotatable bonds is 4. The van der Waals surface area contributed by atoms with Crippen molar-refractivity contribution in [2.45, 2.75) is 33.1 Å². The van der Waals surface area contributed by atoms with Crippen LogP contribution in [0.1, 0.15) is 44.2 Å². The van der Waals surface area contributed by atoms with Crippen LogP contribution in [0.2, 0.25) is 5.02 Å². The molecule has 1 rings (SSSR count). The van der Waals surface area contributed by atoms with Crippen molar-refractivity contribution in [2.24, 2.45) is 0 Å². The third-order valence-electron chi connectivity index (χ3n) is 2.67. The lowest BCUT2D eigenvalue weighted by atomic mass is 9.93. The quantitative estimate of drug-likeness (QED) is 0.789. The van der Waals surface area contributed by atoms with E-state index in [1.807, 2.05) is 13.0 Å². The Morgan fingerprint density at radius 1 is 1.44 bits per heavy atom. The van der Waals surface area contributed by atoms with Crippen molar-refractivity contribution in [3.63, 3.8) is 0 Å². The van der Waals surface area contributed by atoms with Gasteiger partial charge in [-0.1, -0.05) is 25.4 Å². The average molecular weight is 238 g/mol. The van der Waals surface area contributed by atoms with Crippen molar-refractivity contribution in [2.75, 3.05) is 6.61 Å². The number of ether oxygens (including phenoxy) is 1. The molecule has 16 heavy (non-hydrogen) atoms. The maximum atomic E-state index is 9.15. The van der Waals surface area contributed by atoms with Crippen LogP contribution in [0, 0.1) is 11.3 Å². The molecule has 0 saturated heterocycles. The Morgan fingerprint density at radius 3 is 2.62 bits per heavy atom. The Morgan fingerprint density at radius 2 is 2.12 bits per heavy atom. The molecule has 0 aliphatic heterocycles. The molecule has 86 valence electrons. The normalized spacial score (nSPS) is 11.9. The lowest BCUT2D eigenvalue weighted by molar-refractivity contribution is 0.334. The van der Waals surface area contributed by atoms with Gasteiger partial charge >= 0.3 is 0 Å². The largest absolute Gasteiger partial charge is 0.494 e. The van der Waals surface area contributed by atoms with Crippen LogP contribution in [0.5, 0.6) is 5.75 Å². The van der Waals surface area contributed by atoms with E-state index in [1.165, 1.54) is 0 Å². The highest BCUT2D eigenvalue weighted by molar-refractivity contribution is 6.31. The number of hydrogen-bond donors (Lipinski definition) is 0. The Bertz CT molecular complexity index is 409. The minimum atomic E-state index is 0.273. The molecule has 3 heteroatoms. The first-order valence-electron chi connectivity index (χ1n) is 5.50. The third kappa shape index (κ3) is 2.48. The Balaban J connectivity index is 3.36. The lowest BCUT2D eigenvalue weighted by Crippen LogP contribution is -2.03. The van der Waals surface area contributed by atoms with Crippen molar-refractivity contribution in [1.29, 1.82) is 5.26 Å². The van der Waals surface area contributed by atoms with Crippen LogP contribution in [-0.2, 0) is 0 Å². The summed E-state index contributed by atoms with van der Waals surface area (Å²) >= 11 is 6.02. The van der Waals surface area contributed by atoms with Crippen molar-refractivity contribution in [3.05, 3.63) is 28.3 Å². The number of halogens is 1. The monoisotopic (exact) mass is 237 g/mol. The molecule has 1 aromatic carbocycles. The minimum Gasteiger partial charge on any atom is -0.494 e. The van der Waals surface area contributed by atoms with Gasteiger partial charge in [0.15, 0.2) is 0 Å². The lowest BCUT2D eigenvalue weighted by Gasteiger charge is -2.17. The van der Waals surface area contributed by atoms with Crippen LogP contribution < -0.4 is 4.74 Å². The highest BCUT2D eigenvalue weighted by Crippen LogP contribution is 2.35. The van der Waals surface area contributed by atoms with Gasteiger partial charge in [-0.3, -0.25) is 0 Å². The molecule has 0 spiro atoms. The van der Waals surface area contributed by atoms with Crippen LogP contribution >= 0.6 is 11.6 Å². The zero-order valence-corrected chi connectivity index (χ0v) is 10.6. The smallest absolute Gasteiger partial charge is 0.124 e. The van der Waals surface area contributed by atoms with Crippen LogP contribution in [-0.4, -0.2) is 6.61 Å². The predicted molar refractivity (Wildman–Crippen MR) is 66.0 cm³/mol. The average Bonchev–Trinajstić information content (AvgIpc) is 2.30. The summed E-state index contributed by atoms with van der Waals surface area (Å²) in [6.07, 6.45) is 0.953. The first-order chi connectivity index (χ1) is 7.65. The van der Waals surface area contributed by atoms with Crippen LogP contribution in [0.25, 0.3) is 0 Å². The maximum absolute atomic E-state index is 9.15. The molecule has 0 heterocycles. The summed E-state index contributed by atoms with van der Waals surface area (Å²) in [7, 11) is 0. The number of nitriles is 1. The van der Waals surface area contributed by atoms with E-state index in [1.54, 1.807) is 6.07 Å². The second kappa shape index (κ2) is 5.77. The Kier molecular flexibility index (Phi) is 4.64. The molecular weight excluding hydrogens is 222 g/mol. The molecule has 0 amide bonds. The topological polar surface area (TPSA) is 33.0 Å². The summed E-state index contributed by atoms with van der Waals surface area (Å²) in [5.74, 6) is 1.05. The first-order valence-corrected chi connectivity index (χ1v) is 5.88. The fourth-order valence-electron chi connectivity index (χ4n) is 1.66. The molecule has 1 unspecified atom stereocenters. The van der Waals surface area contributed by atoms with Crippen LogP contribution in [0.15, 0.2) is 12.1 Å². The molecule has 0 saturated carbocycles. The SMILES string of the molecule is CCOc1ccc(Cl)c(C#N)c1C(C)CC. The van der Waals surface area contributed by atoms with Gasteiger partial charge in [0.1, 0.15) is 11.8 Å². The fourth-order valence-corrected chi connectivity index (χ4v) is 1.87. The third-order valence-corrected chi connectivity index (χ3v) is 2.99. The first kappa shape index (κ1) is 12.9. The van der Waals surface area contributed by atoms with E-state index in [2.05, 4.69) is 19.9 Å². The summed E-state index contributed by atoms with van der Waals surface area (Å²) in [4.78, 5) is 0. The second-order valence-corrected chi connectivity index (χ2v) is 4.10. The minimum absolute atomic E-state index is 0.273. The Labute approximate surface area is 102 Å². The predicted octanol–water partition coefficient (Wildman–Crippen LogP) is 4.12. The molecular formula is C13H16ClNO. The molecule has 0 radical (unpaired) electrons. The molecule has 0 bridgehead atoms. The molecule has 0 aliphatic carbocycles. The summed E-state index contributed by atoms with van der Waals surface area (Å²) in [6.45, 7) is 6.69. The van der Waals surface area contributed by atoms with Gasteiger partial charge in [-0.25, -0.2) is 0 Å². The van der Waals surface area contributed by atoms with Gasteiger partial charge in [-0.15, -0.1) is 0 Å². The molecule has 0 fully saturated rings. The van der Waals surface area contributed by atoms with E-state index < -0.39 is 0 Å². The summed E-state index contributed by atoms with van der Waals surface area (Å²) in [5, 5.41) is 9.65. The van der Waals surface area contributed by atoms with Gasteiger partial charge < -0.3 is 4.74 Å². The molecule has 1 atom stereocenters. The summed E-state index contributed by atoms with van der Waals surface area (Å²) in [6, 6.07) is 5.73. The molecule has 2 nitrogen and oxygen atoms in total. The number of benzene rings is 1. The number of hydrogen-bond acceptors (Lipinski definition) is 2. The van der Waals surface area contributed by atoms with E-state index in [4.69, 9.17) is 21.6 Å². The highest BCUT2D eigenvalue weighted by atomic mass is 35.5. The Hall–Kier alpha value is -1.20. The van der Waals surface area contributed by atoms with Gasteiger partial charge in [0.2, 0.25) is 0 Å². The molecule has 0 aliphatic rings. The highest BCUT2D eigenvalue weighted by Gasteiger charge is 2.17. The second-order valence-electron chi connectivity index (χ2n) is 3.69. The van der Waals surface area contributed by atoms with Crippen LogP contribution in [0.4, 0.5) is 0 Å². The van der Waals surface area contributed by atoms with E-state index in [9.17, 15) is 0 Å². The van der Waals surface area contributed by atoms with Crippen LogP contribution in [0.3, 0.4) is 0 Å². The number of nitrogens with zero attached hydrogens (tertiary/aromatic N) is 1. The van der Waals surface area contributed by atoms with Crippen molar-refractivity contribution in [1.82, 2.24) is 0 Å². The van der Waals surface area contributed by atoms with E-state index in [0.29, 0.717) is 17.2 Å². The molecule has 1 aromatic rings. The summed E-state index contributed by atoms with van der Waals surface area (Å²) < 4.78 is 5.55. The maximum Gasteiger partial charge on any atom is 0.124 e. The van der Waals surface area contributed by atoms with Gasteiger partial charge in [0, 0.05) is 5.56 Å². The fraction of sp³-hybridized carbons (Fsp3) is 0.462. The van der Waals surface area contributed by atoms with Gasteiger partial charge in [0.05, 0.1) is 17.2 Å². The zero-order valence-electron chi connectivity index (χ0n) is 9.88. The van der Waals surface area contributed by atoms with Crippen molar-refractivity contribution < 1.29 is 4.74 Å².